The van der Waals surface area contributed by atoms with Crippen LogP contribution >= 0.6 is 0 Å². The van der Waals surface area contributed by atoms with Crippen molar-refractivity contribution in [2.45, 2.75) is 51.5 Å². The van der Waals surface area contributed by atoms with Crippen LogP contribution in [0.4, 0.5) is 23.1 Å². The molecule has 1 saturated carbocycles. The minimum absolute atomic E-state index is 0.0967. The highest BCUT2D eigenvalue weighted by atomic mass is 16.6. The van der Waals surface area contributed by atoms with Crippen molar-refractivity contribution < 1.29 is 9.45 Å². The van der Waals surface area contributed by atoms with Gasteiger partial charge < -0.3 is 15.2 Å². The second-order valence-corrected chi connectivity index (χ2v) is 5.96. The topological polar surface area (TPSA) is 119 Å². The van der Waals surface area contributed by atoms with Gasteiger partial charge in [0.05, 0.1) is 4.92 Å². The van der Waals surface area contributed by atoms with Crippen LogP contribution in [0, 0.1) is 17.0 Å². The summed E-state index contributed by atoms with van der Waals surface area (Å²) in [6.07, 6.45) is 7.96. The van der Waals surface area contributed by atoms with E-state index in [1.165, 1.54) is 19.2 Å². The molecular weight excluding hydrogens is 312 g/mol. The van der Waals surface area contributed by atoms with Crippen LogP contribution in [0.2, 0.25) is 0 Å². The summed E-state index contributed by atoms with van der Waals surface area (Å²) in [6, 6.07) is 1.84. The molecule has 0 atom stereocenters. The highest BCUT2D eigenvalue weighted by Crippen LogP contribution is 2.32. The predicted octanol–water partition coefficient (Wildman–Crippen LogP) is 3.56. The van der Waals surface area contributed by atoms with Crippen molar-refractivity contribution in [1.29, 1.82) is 0 Å². The van der Waals surface area contributed by atoms with E-state index in [9.17, 15) is 10.1 Å². The van der Waals surface area contributed by atoms with Gasteiger partial charge >= 0.3 is 5.69 Å². The normalized spacial score (nSPS) is 15.7. The van der Waals surface area contributed by atoms with Crippen molar-refractivity contribution in [2.24, 2.45) is 0 Å². The molecule has 0 bridgehead atoms. The van der Waals surface area contributed by atoms with Crippen molar-refractivity contribution in [3.63, 3.8) is 0 Å². The zero-order valence-corrected chi connectivity index (χ0v) is 13.5. The van der Waals surface area contributed by atoms with E-state index >= 15 is 0 Å². The Morgan fingerprint density at radius 1 is 1.21 bits per heavy atom. The van der Waals surface area contributed by atoms with Crippen LogP contribution < -0.4 is 10.6 Å². The first-order valence-corrected chi connectivity index (χ1v) is 8.10. The van der Waals surface area contributed by atoms with Gasteiger partial charge in [-0.2, -0.15) is 0 Å². The largest absolute Gasteiger partial charge is 0.361 e. The van der Waals surface area contributed by atoms with Gasteiger partial charge in [-0.05, 0) is 19.8 Å². The quantitative estimate of drug-likeness (QED) is 0.484. The van der Waals surface area contributed by atoms with Crippen LogP contribution in [-0.2, 0) is 0 Å². The van der Waals surface area contributed by atoms with Gasteiger partial charge in [0.15, 0.2) is 5.82 Å². The average Bonchev–Trinajstić information content (AvgIpc) is 2.80. The van der Waals surface area contributed by atoms with Crippen molar-refractivity contribution in [1.82, 2.24) is 15.1 Å². The Morgan fingerprint density at radius 2 is 1.92 bits per heavy atom. The summed E-state index contributed by atoms with van der Waals surface area (Å²) in [5.41, 5.74) is -0.178. The van der Waals surface area contributed by atoms with E-state index in [0.717, 1.165) is 25.7 Å². The molecule has 0 radical (unpaired) electrons. The lowest BCUT2D eigenvalue weighted by Crippen LogP contribution is -2.20. The minimum atomic E-state index is -0.478. The van der Waals surface area contributed by atoms with Gasteiger partial charge in [-0.25, -0.2) is 9.97 Å². The van der Waals surface area contributed by atoms with Crippen LogP contribution in [-0.4, -0.2) is 26.1 Å². The van der Waals surface area contributed by atoms with Crippen LogP contribution in [0.3, 0.4) is 0 Å². The van der Waals surface area contributed by atoms with Crippen molar-refractivity contribution >= 4 is 23.1 Å². The summed E-state index contributed by atoms with van der Waals surface area (Å²) in [7, 11) is 0. The number of nitrogens with one attached hydrogen (secondary N) is 2. The average molecular weight is 332 g/mol. The Kier molecular flexibility index (Phi) is 4.88. The van der Waals surface area contributed by atoms with E-state index in [0.29, 0.717) is 11.6 Å². The summed E-state index contributed by atoms with van der Waals surface area (Å²) >= 11 is 0. The fourth-order valence-electron chi connectivity index (χ4n) is 2.91. The van der Waals surface area contributed by atoms with Gasteiger partial charge in [0.2, 0.25) is 11.6 Å². The number of nitrogens with zero attached hydrogens (tertiary/aromatic N) is 4. The number of anilines is 3. The lowest BCUT2D eigenvalue weighted by Gasteiger charge is -2.17. The van der Waals surface area contributed by atoms with Crippen LogP contribution in [0.25, 0.3) is 0 Å². The van der Waals surface area contributed by atoms with Crippen LogP contribution in [0.5, 0.6) is 0 Å². The van der Waals surface area contributed by atoms with Gasteiger partial charge in [0.1, 0.15) is 12.1 Å². The first kappa shape index (κ1) is 16.2. The standard InChI is InChI=1S/C15H20N6O3/c1-10-8-12(20-24-10)19-15-13(21(22)23)14(16-9-17-15)18-11-6-4-2-3-5-7-11/h8-9,11H,2-7H2,1H3,(H2,16,17,18,19,20). The van der Waals surface area contributed by atoms with Gasteiger partial charge in [-0.1, -0.05) is 30.8 Å². The second kappa shape index (κ2) is 7.24. The zero-order valence-electron chi connectivity index (χ0n) is 13.5. The number of hydrogen-bond acceptors (Lipinski definition) is 8. The Morgan fingerprint density at radius 3 is 2.54 bits per heavy atom. The maximum atomic E-state index is 11.5. The molecule has 2 heterocycles. The molecule has 2 aromatic rings. The molecule has 0 saturated heterocycles. The van der Waals surface area contributed by atoms with Gasteiger partial charge in [-0.15, -0.1) is 0 Å². The third-order valence-corrected chi connectivity index (χ3v) is 4.08. The summed E-state index contributed by atoms with van der Waals surface area (Å²) in [5, 5.41) is 21.4. The van der Waals surface area contributed by atoms with Crippen LogP contribution in [0.15, 0.2) is 16.9 Å². The molecule has 2 aromatic heterocycles. The fraction of sp³-hybridized carbons (Fsp3) is 0.533. The Bertz CT molecular complexity index is 709. The first-order valence-electron chi connectivity index (χ1n) is 8.10. The summed E-state index contributed by atoms with van der Waals surface area (Å²) < 4.78 is 4.96. The molecule has 0 aromatic carbocycles. The lowest BCUT2D eigenvalue weighted by atomic mass is 10.1. The third-order valence-electron chi connectivity index (χ3n) is 4.08. The van der Waals surface area contributed by atoms with E-state index in [4.69, 9.17) is 4.52 Å². The maximum absolute atomic E-state index is 11.5. The molecule has 1 aliphatic carbocycles. The SMILES string of the molecule is Cc1cc(Nc2ncnc(NC3CCCCCC3)c2[N+](=O)[O-])no1. The number of aryl methyl sites for hydroxylation is 1. The number of aromatic nitrogens is 3. The van der Waals surface area contributed by atoms with Crippen LogP contribution in [0.1, 0.15) is 44.3 Å². The predicted molar refractivity (Wildman–Crippen MR) is 88.3 cm³/mol. The van der Waals surface area contributed by atoms with E-state index < -0.39 is 4.92 Å². The molecule has 2 N–H and O–H groups in total. The number of rotatable bonds is 5. The summed E-state index contributed by atoms with van der Waals surface area (Å²) in [6.45, 7) is 1.74. The van der Waals surface area contributed by atoms with Crippen molar-refractivity contribution in [3.8, 4) is 0 Å². The zero-order chi connectivity index (χ0) is 16.9. The molecule has 128 valence electrons. The highest BCUT2D eigenvalue weighted by Gasteiger charge is 2.25. The summed E-state index contributed by atoms with van der Waals surface area (Å²) in [4.78, 5) is 19.1. The summed E-state index contributed by atoms with van der Waals surface area (Å²) in [5.74, 6) is 1.31. The van der Waals surface area contributed by atoms with E-state index in [-0.39, 0.29) is 23.4 Å². The molecule has 9 nitrogen and oxygen atoms in total. The molecule has 1 aliphatic rings. The van der Waals surface area contributed by atoms with E-state index in [1.807, 2.05) is 0 Å². The molecule has 3 rings (SSSR count). The third kappa shape index (κ3) is 3.79. The van der Waals surface area contributed by atoms with Crippen molar-refractivity contribution in [3.05, 3.63) is 28.3 Å². The number of nitro groups is 1. The molecule has 24 heavy (non-hydrogen) atoms. The molecule has 0 spiro atoms. The first-order chi connectivity index (χ1) is 11.6. The highest BCUT2D eigenvalue weighted by molar-refractivity contribution is 5.72. The number of hydrogen-bond donors (Lipinski definition) is 2. The minimum Gasteiger partial charge on any atom is -0.361 e. The van der Waals surface area contributed by atoms with E-state index in [1.54, 1.807) is 13.0 Å². The Balaban J connectivity index is 1.85. The second-order valence-electron chi connectivity index (χ2n) is 5.96. The monoisotopic (exact) mass is 332 g/mol. The molecule has 1 fully saturated rings. The Labute approximate surface area is 139 Å². The van der Waals surface area contributed by atoms with Crippen molar-refractivity contribution in [2.75, 3.05) is 10.6 Å². The lowest BCUT2D eigenvalue weighted by molar-refractivity contribution is -0.383. The molecular formula is C15H20N6O3. The Hall–Kier alpha value is -2.71. The molecule has 0 amide bonds. The fourth-order valence-corrected chi connectivity index (χ4v) is 2.91. The van der Waals surface area contributed by atoms with E-state index in [2.05, 4.69) is 25.8 Å². The molecule has 0 aliphatic heterocycles. The smallest absolute Gasteiger partial charge is 0.353 e. The maximum Gasteiger partial charge on any atom is 0.353 e. The van der Waals surface area contributed by atoms with Gasteiger partial charge in [-0.3, -0.25) is 10.1 Å². The van der Waals surface area contributed by atoms with Gasteiger partial charge in [0, 0.05) is 12.1 Å². The molecule has 9 heteroatoms. The molecule has 0 unspecified atom stereocenters. The van der Waals surface area contributed by atoms with Gasteiger partial charge in [0.25, 0.3) is 0 Å².